The van der Waals surface area contributed by atoms with Gasteiger partial charge < -0.3 is 4.74 Å². The predicted octanol–water partition coefficient (Wildman–Crippen LogP) is 4.94. The number of cyclic esters (lactones) is 1. The molecule has 2 aromatic rings. The molecule has 1 aliphatic rings. The van der Waals surface area contributed by atoms with Gasteiger partial charge in [0.05, 0.1) is 12.1 Å². The van der Waals surface area contributed by atoms with Gasteiger partial charge in [0.1, 0.15) is 6.10 Å². The molecule has 120 valence electrons. The number of carbonyl (C=O) groups excluding carboxylic acids is 1. The van der Waals surface area contributed by atoms with Gasteiger partial charge in [0, 0.05) is 5.88 Å². The maximum atomic E-state index is 12.5. The van der Waals surface area contributed by atoms with E-state index in [0.29, 0.717) is 12.3 Å². The van der Waals surface area contributed by atoms with Crippen LogP contribution < -0.4 is 0 Å². The zero-order chi connectivity index (χ0) is 16.2. The van der Waals surface area contributed by atoms with Crippen molar-refractivity contribution in [3.8, 4) is 0 Å². The quantitative estimate of drug-likeness (QED) is 0.727. The van der Waals surface area contributed by atoms with Gasteiger partial charge in [0.25, 0.3) is 0 Å². The number of hydrogen-bond donors (Lipinski definition) is 0. The maximum Gasteiger partial charge on any atom is 0.411 e. The van der Waals surface area contributed by atoms with Crippen LogP contribution in [0.1, 0.15) is 36.6 Å². The predicted molar refractivity (Wildman–Crippen MR) is 91.5 cm³/mol. The minimum absolute atomic E-state index is 0.0503. The van der Waals surface area contributed by atoms with E-state index in [2.05, 4.69) is 0 Å². The molecule has 1 heterocycles. The lowest BCUT2D eigenvalue weighted by Crippen LogP contribution is -2.36. The maximum absolute atomic E-state index is 12.5. The first kappa shape index (κ1) is 15.9. The van der Waals surface area contributed by atoms with E-state index in [0.717, 1.165) is 11.1 Å². The third-order valence-electron chi connectivity index (χ3n) is 4.38. The summed E-state index contributed by atoms with van der Waals surface area (Å²) in [5.41, 5.74) is 2.11. The van der Waals surface area contributed by atoms with E-state index in [1.165, 1.54) is 0 Å². The summed E-state index contributed by atoms with van der Waals surface area (Å²) in [6.45, 7) is 2.03. The molecule has 4 heteroatoms. The molecule has 0 saturated carbocycles. The van der Waals surface area contributed by atoms with Gasteiger partial charge >= 0.3 is 6.09 Å². The van der Waals surface area contributed by atoms with Gasteiger partial charge in [-0.05, 0) is 24.5 Å². The molecule has 2 aromatic carbocycles. The smallest absolute Gasteiger partial charge is 0.411 e. The number of alkyl halides is 1. The average molecular weight is 330 g/mol. The lowest BCUT2D eigenvalue weighted by Gasteiger charge is -2.29. The Labute approximate surface area is 141 Å². The summed E-state index contributed by atoms with van der Waals surface area (Å²) in [6.07, 6.45) is 0.156. The summed E-state index contributed by atoms with van der Waals surface area (Å²) in [6, 6.07) is 19.8. The molecule has 0 unspecified atom stereocenters. The largest absolute Gasteiger partial charge is 0.439 e. The zero-order valence-electron chi connectivity index (χ0n) is 13.1. The molecule has 3 nitrogen and oxygen atoms in total. The van der Waals surface area contributed by atoms with E-state index < -0.39 is 0 Å². The molecule has 1 saturated heterocycles. The van der Waals surface area contributed by atoms with Gasteiger partial charge in [-0.15, -0.1) is 11.6 Å². The molecule has 0 N–H and O–H groups in total. The van der Waals surface area contributed by atoms with Crippen LogP contribution in [-0.2, 0) is 4.74 Å². The highest BCUT2D eigenvalue weighted by molar-refractivity contribution is 6.17. The topological polar surface area (TPSA) is 29.5 Å². The molecule has 1 aliphatic heterocycles. The Morgan fingerprint density at radius 3 is 2.30 bits per heavy atom. The fourth-order valence-corrected chi connectivity index (χ4v) is 3.43. The van der Waals surface area contributed by atoms with Crippen molar-refractivity contribution in [2.75, 3.05) is 5.88 Å². The minimum Gasteiger partial charge on any atom is -0.439 e. The lowest BCUT2D eigenvalue weighted by molar-refractivity contribution is 0.128. The van der Waals surface area contributed by atoms with Crippen molar-refractivity contribution in [1.82, 2.24) is 4.90 Å². The Bertz CT molecular complexity index is 647. The van der Waals surface area contributed by atoms with Crippen molar-refractivity contribution in [3.05, 3.63) is 71.8 Å². The molecule has 1 amide bonds. The number of halogens is 1. The molecule has 1 fully saturated rings. The number of amides is 1. The summed E-state index contributed by atoms with van der Waals surface area (Å²) in [5.74, 6) is 0.489. The Morgan fingerprint density at radius 2 is 1.70 bits per heavy atom. The highest BCUT2D eigenvalue weighted by Gasteiger charge is 2.44. The fraction of sp³-hybridized carbons (Fsp3) is 0.316. The van der Waals surface area contributed by atoms with Crippen LogP contribution in [0.5, 0.6) is 0 Å². The van der Waals surface area contributed by atoms with Crippen molar-refractivity contribution >= 4 is 17.7 Å². The second-order valence-electron chi connectivity index (χ2n) is 5.75. The van der Waals surface area contributed by atoms with Gasteiger partial charge in [-0.25, -0.2) is 4.79 Å². The highest BCUT2D eigenvalue weighted by Crippen LogP contribution is 2.39. The van der Waals surface area contributed by atoms with Gasteiger partial charge in [0.2, 0.25) is 0 Å². The van der Waals surface area contributed by atoms with E-state index >= 15 is 0 Å². The summed E-state index contributed by atoms with van der Waals surface area (Å²) in [5, 5.41) is 0. The number of ether oxygens (including phenoxy) is 1. The summed E-state index contributed by atoms with van der Waals surface area (Å²) in [4.78, 5) is 14.3. The Balaban J connectivity index is 1.91. The van der Waals surface area contributed by atoms with Crippen LogP contribution in [0.3, 0.4) is 0 Å². The monoisotopic (exact) mass is 329 g/mol. The summed E-state index contributed by atoms with van der Waals surface area (Å²) >= 11 is 6.00. The molecule has 0 aromatic heterocycles. The van der Waals surface area contributed by atoms with Crippen molar-refractivity contribution in [2.45, 2.75) is 31.5 Å². The van der Waals surface area contributed by atoms with Crippen LogP contribution in [0.4, 0.5) is 4.79 Å². The molecule has 3 rings (SSSR count). The van der Waals surface area contributed by atoms with E-state index in [4.69, 9.17) is 16.3 Å². The number of hydrogen-bond acceptors (Lipinski definition) is 2. The molecule has 0 radical (unpaired) electrons. The first-order valence-corrected chi connectivity index (χ1v) is 8.40. The molecule has 23 heavy (non-hydrogen) atoms. The van der Waals surface area contributed by atoms with Crippen molar-refractivity contribution in [1.29, 1.82) is 0 Å². The first-order chi connectivity index (χ1) is 11.2. The number of nitrogens with zero attached hydrogens (tertiary/aromatic N) is 1. The van der Waals surface area contributed by atoms with Crippen LogP contribution >= 0.6 is 11.6 Å². The molecular formula is C19H20ClNO2. The van der Waals surface area contributed by atoms with E-state index in [-0.39, 0.29) is 24.3 Å². The van der Waals surface area contributed by atoms with Gasteiger partial charge in [0.15, 0.2) is 0 Å². The number of rotatable bonds is 5. The standard InChI is InChI=1S/C19H20ClNO2/c1-14(15-8-4-2-5-9-15)21-17(12-13-20)18(23-19(21)22)16-10-6-3-7-11-16/h2-11,14,17-18H,12-13H2,1H3/t14-,17-,18+/m1/s1. The highest BCUT2D eigenvalue weighted by atomic mass is 35.5. The Hall–Kier alpha value is -2.00. The van der Waals surface area contributed by atoms with Crippen LogP contribution in [0, 0.1) is 0 Å². The van der Waals surface area contributed by atoms with E-state index in [1.54, 1.807) is 0 Å². The van der Waals surface area contributed by atoms with Gasteiger partial charge in [-0.2, -0.15) is 0 Å². The second-order valence-corrected chi connectivity index (χ2v) is 6.13. The fourth-order valence-electron chi connectivity index (χ4n) is 3.20. The van der Waals surface area contributed by atoms with Crippen LogP contribution in [0.15, 0.2) is 60.7 Å². The molecule has 0 spiro atoms. The molecule has 3 atom stereocenters. The molecule has 0 aliphatic carbocycles. The molecular weight excluding hydrogens is 310 g/mol. The summed E-state index contributed by atoms with van der Waals surface area (Å²) in [7, 11) is 0. The van der Waals surface area contributed by atoms with Crippen molar-refractivity contribution in [2.24, 2.45) is 0 Å². The van der Waals surface area contributed by atoms with Crippen LogP contribution in [-0.4, -0.2) is 22.9 Å². The van der Waals surface area contributed by atoms with Crippen LogP contribution in [0.2, 0.25) is 0 Å². The van der Waals surface area contributed by atoms with E-state index in [1.807, 2.05) is 72.5 Å². The third kappa shape index (κ3) is 3.20. The average Bonchev–Trinajstić information content (AvgIpc) is 2.92. The number of carbonyl (C=O) groups is 1. The SMILES string of the molecule is C[C@H](c1ccccc1)N1C(=O)O[C@@H](c2ccccc2)[C@H]1CCCl. The second kappa shape index (κ2) is 7.05. The van der Waals surface area contributed by atoms with Crippen LogP contribution in [0.25, 0.3) is 0 Å². The zero-order valence-corrected chi connectivity index (χ0v) is 13.8. The Morgan fingerprint density at radius 1 is 1.09 bits per heavy atom. The minimum atomic E-state index is -0.273. The third-order valence-corrected chi connectivity index (χ3v) is 4.60. The molecule has 0 bridgehead atoms. The van der Waals surface area contributed by atoms with Crippen molar-refractivity contribution < 1.29 is 9.53 Å². The first-order valence-electron chi connectivity index (χ1n) is 7.87. The van der Waals surface area contributed by atoms with Gasteiger partial charge in [-0.3, -0.25) is 4.90 Å². The van der Waals surface area contributed by atoms with Crippen molar-refractivity contribution in [3.63, 3.8) is 0 Å². The number of benzene rings is 2. The summed E-state index contributed by atoms with van der Waals surface area (Å²) < 4.78 is 5.70. The normalized spacial score (nSPS) is 22.0. The lowest BCUT2D eigenvalue weighted by atomic mass is 9.97. The van der Waals surface area contributed by atoms with Gasteiger partial charge in [-0.1, -0.05) is 60.7 Å². The Kier molecular flexibility index (Phi) is 4.87. The van der Waals surface area contributed by atoms with E-state index in [9.17, 15) is 4.79 Å².